The molecule has 0 aliphatic rings. The van der Waals surface area contributed by atoms with Gasteiger partial charge in [-0.05, 0) is 28.4 Å². The third-order valence-corrected chi connectivity index (χ3v) is 1.34. The standard InChI is InChI=1S/C3H10NP/c1-4-5(2)3/h4H,1-3H3. The van der Waals surface area contributed by atoms with Crippen molar-refractivity contribution in [2.45, 2.75) is 0 Å². The first-order chi connectivity index (χ1) is 2.27. The third-order valence-electron chi connectivity index (χ3n) is 0.447. The van der Waals surface area contributed by atoms with Crippen LogP contribution in [0.25, 0.3) is 0 Å². The minimum atomic E-state index is 0.152. The Bertz CT molecular complexity index is 20.9. The van der Waals surface area contributed by atoms with Crippen molar-refractivity contribution in [1.82, 2.24) is 5.09 Å². The number of rotatable bonds is 1. The van der Waals surface area contributed by atoms with Gasteiger partial charge in [-0.2, -0.15) is 0 Å². The van der Waals surface area contributed by atoms with E-state index in [1.165, 1.54) is 0 Å². The van der Waals surface area contributed by atoms with Gasteiger partial charge in [0.15, 0.2) is 0 Å². The van der Waals surface area contributed by atoms with Gasteiger partial charge in [0.1, 0.15) is 0 Å². The van der Waals surface area contributed by atoms with E-state index in [0.717, 1.165) is 0 Å². The molecule has 0 aliphatic heterocycles. The minimum Gasteiger partial charge on any atom is -0.299 e. The van der Waals surface area contributed by atoms with Crippen molar-refractivity contribution < 1.29 is 0 Å². The zero-order valence-corrected chi connectivity index (χ0v) is 4.84. The van der Waals surface area contributed by atoms with Crippen molar-refractivity contribution >= 4 is 8.07 Å². The van der Waals surface area contributed by atoms with Crippen LogP contribution in [0.3, 0.4) is 0 Å². The molecule has 0 aromatic carbocycles. The highest BCUT2D eigenvalue weighted by molar-refractivity contribution is 7.53. The lowest BCUT2D eigenvalue weighted by Gasteiger charge is -1.96. The van der Waals surface area contributed by atoms with Crippen LogP contribution in [0.15, 0.2) is 0 Å². The third kappa shape index (κ3) is 4.39. The Balaban J connectivity index is 2.54. The van der Waals surface area contributed by atoms with E-state index in [1.807, 2.05) is 7.05 Å². The fraction of sp³-hybridized carbons (Fsp3) is 1.00. The first kappa shape index (κ1) is 5.39. The van der Waals surface area contributed by atoms with Gasteiger partial charge in [0.05, 0.1) is 0 Å². The first-order valence-corrected chi connectivity index (χ1v) is 3.85. The molecule has 32 valence electrons. The molecule has 1 N–H and O–H groups in total. The van der Waals surface area contributed by atoms with E-state index in [1.54, 1.807) is 0 Å². The summed E-state index contributed by atoms with van der Waals surface area (Å²) in [6.07, 6.45) is 0. The number of hydrogen-bond acceptors (Lipinski definition) is 1. The van der Waals surface area contributed by atoms with Crippen LogP contribution in [0.5, 0.6) is 0 Å². The van der Waals surface area contributed by atoms with E-state index in [0.29, 0.717) is 0 Å². The topological polar surface area (TPSA) is 12.0 Å². The van der Waals surface area contributed by atoms with Crippen LogP contribution in [0, 0.1) is 0 Å². The van der Waals surface area contributed by atoms with Gasteiger partial charge in [0.2, 0.25) is 0 Å². The lowest BCUT2D eigenvalue weighted by Crippen LogP contribution is -1.91. The fourth-order valence-electron chi connectivity index (χ4n) is 0. The molecule has 5 heavy (non-hydrogen) atoms. The lowest BCUT2D eigenvalue weighted by atomic mass is 11.6. The lowest BCUT2D eigenvalue weighted by molar-refractivity contribution is 1.27. The zero-order chi connectivity index (χ0) is 4.28. The Kier molecular flexibility index (Phi) is 2.82. The molecule has 0 aliphatic carbocycles. The van der Waals surface area contributed by atoms with E-state index >= 15 is 0 Å². The van der Waals surface area contributed by atoms with Crippen LogP contribution in [0.1, 0.15) is 0 Å². The van der Waals surface area contributed by atoms with Crippen molar-refractivity contribution in [1.29, 1.82) is 0 Å². The van der Waals surface area contributed by atoms with E-state index < -0.39 is 0 Å². The summed E-state index contributed by atoms with van der Waals surface area (Å²) in [5.41, 5.74) is 0. The van der Waals surface area contributed by atoms with Gasteiger partial charge in [0.25, 0.3) is 0 Å². The molecule has 2 heteroatoms. The molecule has 0 bridgehead atoms. The summed E-state index contributed by atoms with van der Waals surface area (Å²) in [5, 5.41) is 3.09. The summed E-state index contributed by atoms with van der Waals surface area (Å²) in [6.45, 7) is 4.35. The Morgan fingerprint density at radius 2 is 1.60 bits per heavy atom. The summed E-state index contributed by atoms with van der Waals surface area (Å²) >= 11 is 0. The maximum atomic E-state index is 3.09. The molecule has 0 amide bonds. The summed E-state index contributed by atoms with van der Waals surface area (Å²) in [5.74, 6) is 0. The Morgan fingerprint density at radius 3 is 1.60 bits per heavy atom. The average molecular weight is 91.1 g/mol. The molecule has 0 fully saturated rings. The predicted molar refractivity (Wildman–Crippen MR) is 27.8 cm³/mol. The molecule has 0 aromatic heterocycles. The average Bonchev–Trinajstić information content (AvgIpc) is 1.38. The molecule has 0 radical (unpaired) electrons. The normalized spacial score (nSPS) is 9.60. The second-order valence-corrected chi connectivity index (χ2v) is 3.35. The van der Waals surface area contributed by atoms with Crippen molar-refractivity contribution in [3.63, 3.8) is 0 Å². The van der Waals surface area contributed by atoms with Gasteiger partial charge in [-0.1, -0.05) is 0 Å². The zero-order valence-electron chi connectivity index (χ0n) is 3.95. The van der Waals surface area contributed by atoms with Crippen molar-refractivity contribution in [3.05, 3.63) is 0 Å². The molecule has 0 aromatic rings. The van der Waals surface area contributed by atoms with Crippen LogP contribution >= 0.6 is 8.07 Å². The van der Waals surface area contributed by atoms with Crippen LogP contribution < -0.4 is 5.09 Å². The van der Waals surface area contributed by atoms with E-state index in [2.05, 4.69) is 18.4 Å². The van der Waals surface area contributed by atoms with Gasteiger partial charge in [-0.15, -0.1) is 0 Å². The molecule has 0 spiro atoms. The minimum absolute atomic E-state index is 0.152. The first-order valence-electron chi connectivity index (χ1n) is 1.62. The summed E-state index contributed by atoms with van der Waals surface area (Å²) in [4.78, 5) is 0. The maximum absolute atomic E-state index is 3.09. The molecular weight excluding hydrogens is 81.0 g/mol. The highest BCUT2D eigenvalue weighted by atomic mass is 31.1. The monoisotopic (exact) mass is 91.1 g/mol. The van der Waals surface area contributed by atoms with Crippen LogP contribution in [0.2, 0.25) is 0 Å². The predicted octanol–water partition coefficient (Wildman–Crippen LogP) is 0.862. The van der Waals surface area contributed by atoms with Crippen LogP contribution in [-0.4, -0.2) is 20.4 Å². The van der Waals surface area contributed by atoms with Gasteiger partial charge in [-0.3, -0.25) is 5.09 Å². The van der Waals surface area contributed by atoms with Crippen molar-refractivity contribution in [3.8, 4) is 0 Å². The largest absolute Gasteiger partial charge is 0.299 e. The molecule has 0 heterocycles. The quantitative estimate of drug-likeness (QED) is 0.472. The van der Waals surface area contributed by atoms with E-state index in [-0.39, 0.29) is 8.07 Å². The van der Waals surface area contributed by atoms with Crippen LogP contribution in [0.4, 0.5) is 0 Å². The molecular formula is C3H10NP. The second-order valence-electron chi connectivity index (χ2n) is 1.12. The Morgan fingerprint density at radius 1 is 1.40 bits per heavy atom. The molecule has 0 unspecified atom stereocenters. The summed E-state index contributed by atoms with van der Waals surface area (Å²) in [7, 11) is 2.13. The smallest absolute Gasteiger partial charge is 0.0125 e. The molecule has 0 saturated carbocycles. The second kappa shape index (κ2) is 2.62. The van der Waals surface area contributed by atoms with Gasteiger partial charge in [0, 0.05) is 0 Å². The number of hydrogen-bond donors (Lipinski definition) is 1. The number of nitrogens with one attached hydrogen (secondary N) is 1. The van der Waals surface area contributed by atoms with E-state index in [4.69, 9.17) is 0 Å². The van der Waals surface area contributed by atoms with Gasteiger partial charge < -0.3 is 0 Å². The summed E-state index contributed by atoms with van der Waals surface area (Å²) < 4.78 is 0. The summed E-state index contributed by atoms with van der Waals surface area (Å²) in [6, 6.07) is 0. The van der Waals surface area contributed by atoms with Gasteiger partial charge in [-0.25, -0.2) is 0 Å². The molecule has 0 atom stereocenters. The highest BCUT2D eigenvalue weighted by Gasteiger charge is 1.75. The highest BCUT2D eigenvalue weighted by Crippen LogP contribution is 2.13. The fourth-order valence-corrected chi connectivity index (χ4v) is 0. The molecule has 0 saturated heterocycles. The van der Waals surface area contributed by atoms with Crippen molar-refractivity contribution in [2.24, 2.45) is 0 Å². The Labute approximate surface area is 34.6 Å². The van der Waals surface area contributed by atoms with Gasteiger partial charge >= 0.3 is 0 Å². The SMILES string of the molecule is CNP(C)C. The Hall–Kier alpha value is 0.390. The molecule has 0 rings (SSSR count). The van der Waals surface area contributed by atoms with E-state index in [9.17, 15) is 0 Å². The van der Waals surface area contributed by atoms with Crippen LogP contribution in [-0.2, 0) is 0 Å². The maximum Gasteiger partial charge on any atom is -0.0125 e. The molecule has 1 nitrogen and oxygen atoms in total. The van der Waals surface area contributed by atoms with Crippen molar-refractivity contribution in [2.75, 3.05) is 20.4 Å².